The monoisotopic (exact) mass is 336 g/mol. The number of aromatic nitrogens is 3. The number of aromatic amines is 1. The summed E-state index contributed by atoms with van der Waals surface area (Å²) >= 11 is 0. The molecule has 0 bridgehead atoms. The van der Waals surface area contributed by atoms with Crippen molar-refractivity contribution in [3.63, 3.8) is 0 Å². The van der Waals surface area contributed by atoms with Gasteiger partial charge in [0.15, 0.2) is 0 Å². The molecule has 25 heavy (non-hydrogen) atoms. The first-order valence-corrected chi connectivity index (χ1v) is 8.97. The molecule has 1 unspecified atom stereocenters. The fraction of sp³-hybridized carbons (Fsp3) is 0.400. The smallest absolute Gasteiger partial charge is 0.137 e. The number of fused-ring (bicyclic) bond motifs is 1. The van der Waals surface area contributed by atoms with Crippen LogP contribution in [0.1, 0.15) is 32.4 Å². The van der Waals surface area contributed by atoms with Gasteiger partial charge in [-0.1, -0.05) is 24.3 Å². The fourth-order valence-corrected chi connectivity index (χ4v) is 3.48. The van der Waals surface area contributed by atoms with Gasteiger partial charge in [-0.15, -0.1) is 0 Å². The Kier molecular flexibility index (Phi) is 4.40. The molecule has 2 aliphatic rings. The van der Waals surface area contributed by atoms with Crippen LogP contribution in [0.2, 0.25) is 0 Å². The summed E-state index contributed by atoms with van der Waals surface area (Å²) in [5.74, 6) is 1.37. The third kappa shape index (κ3) is 3.24. The van der Waals surface area contributed by atoms with Crippen LogP contribution in [0, 0.1) is 5.92 Å². The number of H-pyrrole nitrogens is 1. The number of nitrogens with one attached hydrogen (secondary N) is 2. The molecular weight excluding hydrogens is 312 g/mol. The second-order valence-corrected chi connectivity index (χ2v) is 6.98. The second kappa shape index (κ2) is 6.84. The fourth-order valence-electron chi connectivity index (χ4n) is 3.48. The first kappa shape index (κ1) is 16.1. The third-order valence-corrected chi connectivity index (χ3v) is 4.71. The van der Waals surface area contributed by atoms with Crippen LogP contribution in [-0.4, -0.2) is 34.4 Å². The maximum atomic E-state index is 5.57. The molecule has 1 saturated heterocycles. The number of pyridine rings is 1. The molecule has 1 fully saturated rings. The lowest BCUT2D eigenvalue weighted by Crippen LogP contribution is -2.11. The highest BCUT2D eigenvalue weighted by atomic mass is 16.5. The predicted octanol–water partition coefficient (Wildman–Crippen LogP) is 4.08. The lowest BCUT2D eigenvalue weighted by atomic mass is 9.94. The number of rotatable bonds is 4. The summed E-state index contributed by atoms with van der Waals surface area (Å²) in [6, 6.07) is 2.29. The average Bonchev–Trinajstić information content (AvgIpc) is 3.21. The van der Waals surface area contributed by atoms with E-state index in [1.165, 1.54) is 11.1 Å². The number of ether oxygens (including phenoxy) is 1. The summed E-state index contributed by atoms with van der Waals surface area (Å²) in [4.78, 5) is 4.54. The molecule has 4 rings (SSSR count). The molecule has 0 spiro atoms. The predicted molar refractivity (Wildman–Crippen MR) is 101 cm³/mol. The van der Waals surface area contributed by atoms with E-state index in [-0.39, 0.29) is 0 Å². The van der Waals surface area contributed by atoms with Crippen LogP contribution in [0.3, 0.4) is 0 Å². The van der Waals surface area contributed by atoms with E-state index in [0.717, 1.165) is 48.5 Å². The van der Waals surface area contributed by atoms with E-state index in [9.17, 15) is 0 Å². The van der Waals surface area contributed by atoms with Crippen molar-refractivity contribution in [2.24, 2.45) is 5.92 Å². The first-order chi connectivity index (χ1) is 12.2. The van der Waals surface area contributed by atoms with Crippen molar-refractivity contribution in [3.8, 4) is 0 Å². The van der Waals surface area contributed by atoms with Crippen LogP contribution in [-0.2, 0) is 4.74 Å². The van der Waals surface area contributed by atoms with Crippen LogP contribution < -0.4 is 5.32 Å². The highest BCUT2D eigenvalue weighted by Gasteiger charge is 2.21. The Morgan fingerprint density at radius 2 is 2.28 bits per heavy atom. The molecule has 5 nitrogen and oxygen atoms in total. The van der Waals surface area contributed by atoms with E-state index >= 15 is 0 Å². The van der Waals surface area contributed by atoms with Gasteiger partial charge in [0, 0.05) is 24.8 Å². The average molecular weight is 336 g/mol. The number of hydrogen-bond donors (Lipinski definition) is 2. The van der Waals surface area contributed by atoms with Gasteiger partial charge in [-0.3, -0.25) is 5.10 Å². The van der Waals surface area contributed by atoms with Crippen molar-refractivity contribution in [1.29, 1.82) is 0 Å². The van der Waals surface area contributed by atoms with Crippen molar-refractivity contribution in [1.82, 2.24) is 15.2 Å². The summed E-state index contributed by atoms with van der Waals surface area (Å²) in [7, 11) is 0. The van der Waals surface area contributed by atoms with E-state index in [1.807, 2.05) is 12.3 Å². The minimum absolute atomic E-state index is 0.315. The molecule has 1 aliphatic carbocycles. The number of anilines is 1. The zero-order chi connectivity index (χ0) is 17.2. The van der Waals surface area contributed by atoms with Crippen LogP contribution in [0.5, 0.6) is 0 Å². The molecule has 3 heterocycles. The van der Waals surface area contributed by atoms with Crippen molar-refractivity contribution in [3.05, 3.63) is 47.8 Å². The van der Waals surface area contributed by atoms with Gasteiger partial charge in [-0.2, -0.15) is 5.10 Å². The van der Waals surface area contributed by atoms with Crippen molar-refractivity contribution in [2.75, 3.05) is 18.5 Å². The molecule has 0 saturated carbocycles. The van der Waals surface area contributed by atoms with Gasteiger partial charge in [-0.05, 0) is 43.9 Å². The topological polar surface area (TPSA) is 62.8 Å². The molecule has 0 aromatic carbocycles. The highest BCUT2D eigenvalue weighted by Crippen LogP contribution is 2.34. The zero-order valence-corrected chi connectivity index (χ0v) is 14.7. The zero-order valence-electron chi connectivity index (χ0n) is 14.7. The standard InChI is InChI=1S/C20H24N4O/c1-13(2)22-20-18-17(7-9-21-20)23-24-19(18)15-6-4-3-5-14(11-15)16-8-10-25-12-16/h3-5,7,9,11,13,16H,6,8,10,12H2,1-2H3,(H,21,22)(H,23,24). The molecule has 0 amide bonds. The molecular formula is C20H24N4O. The Morgan fingerprint density at radius 1 is 1.36 bits per heavy atom. The van der Waals surface area contributed by atoms with Crippen LogP contribution in [0.25, 0.3) is 16.5 Å². The normalized spacial score (nSPS) is 20.7. The molecule has 2 aromatic rings. The minimum atomic E-state index is 0.315. The Hall–Kier alpha value is -2.40. The quantitative estimate of drug-likeness (QED) is 0.883. The summed E-state index contributed by atoms with van der Waals surface area (Å²) in [6.07, 6.45) is 12.6. The summed E-state index contributed by atoms with van der Waals surface area (Å²) < 4.78 is 5.57. The van der Waals surface area contributed by atoms with Crippen LogP contribution in [0.4, 0.5) is 5.82 Å². The van der Waals surface area contributed by atoms with Gasteiger partial charge in [0.25, 0.3) is 0 Å². The van der Waals surface area contributed by atoms with Gasteiger partial charge < -0.3 is 10.1 Å². The van der Waals surface area contributed by atoms with E-state index in [0.29, 0.717) is 12.0 Å². The summed E-state index contributed by atoms with van der Waals surface area (Å²) in [5.41, 5.74) is 4.55. The lowest BCUT2D eigenvalue weighted by molar-refractivity contribution is 0.190. The molecule has 2 N–H and O–H groups in total. The molecule has 0 radical (unpaired) electrons. The van der Waals surface area contributed by atoms with Gasteiger partial charge in [-0.25, -0.2) is 4.98 Å². The Bertz CT molecular complexity index is 854. The van der Waals surface area contributed by atoms with Gasteiger partial charge in [0.1, 0.15) is 5.82 Å². The molecule has 5 heteroatoms. The summed E-state index contributed by atoms with van der Waals surface area (Å²) in [5, 5.41) is 12.3. The maximum absolute atomic E-state index is 5.57. The van der Waals surface area contributed by atoms with E-state index in [4.69, 9.17) is 4.74 Å². The van der Waals surface area contributed by atoms with E-state index in [1.54, 1.807) is 0 Å². The van der Waals surface area contributed by atoms with Gasteiger partial charge >= 0.3 is 0 Å². The van der Waals surface area contributed by atoms with Crippen molar-refractivity contribution >= 4 is 22.3 Å². The van der Waals surface area contributed by atoms with Gasteiger partial charge in [0.2, 0.25) is 0 Å². The van der Waals surface area contributed by atoms with Crippen molar-refractivity contribution in [2.45, 2.75) is 32.7 Å². The summed E-state index contributed by atoms with van der Waals surface area (Å²) in [6.45, 7) is 5.91. The highest BCUT2D eigenvalue weighted by molar-refractivity contribution is 5.98. The minimum Gasteiger partial charge on any atom is -0.381 e. The Morgan fingerprint density at radius 3 is 3.08 bits per heavy atom. The maximum Gasteiger partial charge on any atom is 0.137 e. The number of nitrogens with zero attached hydrogens (tertiary/aromatic N) is 2. The number of allylic oxidation sites excluding steroid dienone is 5. The SMILES string of the molecule is CC(C)Nc1nccc2[nH]nc(C3=CC(C4CCOC4)=CC=CC3)c12. The molecule has 1 atom stereocenters. The third-order valence-electron chi connectivity index (χ3n) is 4.71. The van der Waals surface area contributed by atoms with Crippen LogP contribution >= 0.6 is 0 Å². The molecule has 130 valence electrons. The second-order valence-electron chi connectivity index (χ2n) is 6.98. The Balaban J connectivity index is 1.78. The lowest BCUT2D eigenvalue weighted by Gasteiger charge is -2.12. The largest absolute Gasteiger partial charge is 0.381 e. The van der Waals surface area contributed by atoms with Crippen LogP contribution in [0.15, 0.2) is 42.1 Å². The number of hydrogen-bond acceptors (Lipinski definition) is 4. The van der Waals surface area contributed by atoms with E-state index < -0.39 is 0 Å². The first-order valence-electron chi connectivity index (χ1n) is 8.97. The van der Waals surface area contributed by atoms with E-state index in [2.05, 4.69) is 58.6 Å². The van der Waals surface area contributed by atoms with Crippen molar-refractivity contribution < 1.29 is 4.74 Å². The molecule has 1 aliphatic heterocycles. The molecule has 2 aromatic heterocycles. The Labute approximate surface area is 147 Å². The van der Waals surface area contributed by atoms with Gasteiger partial charge in [0.05, 0.1) is 23.2 Å².